The lowest BCUT2D eigenvalue weighted by molar-refractivity contribution is -0.123. The van der Waals surface area contributed by atoms with Crippen molar-refractivity contribution in [2.75, 3.05) is 11.2 Å². The molecule has 6 heteroatoms. The van der Waals surface area contributed by atoms with Crippen LogP contribution in [-0.4, -0.2) is 20.5 Å². The molecular formula is C24H31N2O3S-. The molecule has 1 saturated carbocycles. The molecule has 5 nitrogen and oxygen atoms in total. The number of benzene rings is 2. The first-order valence-corrected chi connectivity index (χ1v) is 11.6. The van der Waals surface area contributed by atoms with Crippen LogP contribution < -0.4 is 10.6 Å². The predicted molar refractivity (Wildman–Crippen MR) is 121 cm³/mol. The summed E-state index contributed by atoms with van der Waals surface area (Å²) >= 11 is -2.14. The fourth-order valence-corrected chi connectivity index (χ4v) is 4.05. The number of aryl methyl sites for hydroxylation is 1. The Hall–Kier alpha value is -2.18. The molecule has 0 bridgehead atoms. The van der Waals surface area contributed by atoms with Gasteiger partial charge in [-0.3, -0.25) is 9.00 Å². The Balaban J connectivity index is 1.57. The van der Waals surface area contributed by atoms with E-state index in [1.807, 2.05) is 32.0 Å². The van der Waals surface area contributed by atoms with E-state index in [9.17, 15) is 13.6 Å². The summed E-state index contributed by atoms with van der Waals surface area (Å²) in [6.45, 7) is 10.5. The van der Waals surface area contributed by atoms with Crippen molar-refractivity contribution in [3.63, 3.8) is 0 Å². The minimum absolute atomic E-state index is 0.0296. The third-order valence-corrected chi connectivity index (χ3v) is 6.20. The van der Waals surface area contributed by atoms with E-state index in [2.05, 4.69) is 55.7 Å². The van der Waals surface area contributed by atoms with Crippen molar-refractivity contribution in [3.8, 4) is 0 Å². The van der Waals surface area contributed by atoms with Crippen LogP contribution in [0.1, 0.15) is 68.3 Å². The van der Waals surface area contributed by atoms with E-state index in [4.69, 9.17) is 0 Å². The summed E-state index contributed by atoms with van der Waals surface area (Å²) in [6, 6.07) is 14.3. The second-order valence-electron chi connectivity index (χ2n) is 9.25. The third kappa shape index (κ3) is 5.49. The van der Waals surface area contributed by atoms with Gasteiger partial charge in [0.25, 0.3) is 0 Å². The van der Waals surface area contributed by atoms with Gasteiger partial charge in [-0.05, 0) is 71.0 Å². The molecular weight excluding hydrogens is 396 g/mol. The van der Waals surface area contributed by atoms with Crippen molar-refractivity contribution in [1.29, 1.82) is 0 Å². The molecule has 3 rings (SSSR count). The lowest BCUT2D eigenvalue weighted by Crippen LogP contribution is -2.28. The van der Waals surface area contributed by atoms with Gasteiger partial charge in [0.05, 0.1) is 11.9 Å². The van der Waals surface area contributed by atoms with Gasteiger partial charge in [0.15, 0.2) is 0 Å². The smallest absolute Gasteiger partial charge is 0.224 e. The van der Waals surface area contributed by atoms with Crippen LogP contribution in [-0.2, 0) is 21.3 Å². The summed E-state index contributed by atoms with van der Waals surface area (Å²) < 4.78 is 21.5. The molecule has 2 N–H and O–H groups in total. The van der Waals surface area contributed by atoms with Gasteiger partial charge in [0.1, 0.15) is 0 Å². The maximum Gasteiger partial charge on any atom is 0.224 e. The molecule has 1 fully saturated rings. The maximum atomic E-state index is 12.7. The lowest BCUT2D eigenvalue weighted by atomic mass is 9.86. The molecule has 0 aliphatic heterocycles. The second-order valence-corrected chi connectivity index (χ2v) is 10.1. The number of amides is 1. The van der Waals surface area contributed by atoms with Crippen LogP contribution in [0.5, 0.6) is 0 Å². The van der Waals surface area contributed by atoms with Crippen molar-refractivity contribution in [1.82, 2.24) is 5.32 Å². The zero-order valence-corrected chi connectivity index (χ0v) is 19.1. The monoisotopic (exact) mass is 427 g/mol. The average Bonchev–Trinajstić information content (AvgIpc) is 3.47. The van der Waals surface area contributed by atoms with Crippen LogP contribution in [0.3, 0.4) is 0 Å². The van der Waals surface area contributed by atoms with Gasteiger partial charge < -0.3 is 15.2 Å². The molecule has 2 aromatic carbocycles. The second kappa shape index (κ2) is 8.90. The first-order valence-electron chi connectivity index (χ1n) is 10.4. The molecule has 162 valence electrons. The van der Waals surface area contributed by atoms with E-state index in [1.54, 1.807) is 0 Å². The highest BCUT2D eigenvalue weighted by atomic mass is 32.2. The minimum Gasteiger partial charge on any atom is -0.771 e. The molecule has 0 radical (unpaired) electrons. The SMILES string of the molecule is Cc1cc([C@@H](C)NC(=O)C2CC2c2ccc(C(C)(C)C)cc2)ccc1NCS(=O)[O-]. The molecule has 0 spiro atoms. The van der Waals surface area contributed by atoms with E-state index in [0.717, 1.165) is 23.2 Å². The summed E-state index contributed by atoms with van der Waals surface area (Å²) in [5.74, 6) is 0.301. The predicted octanol–water partition coefficient (Wildman–Crippen LogP) is 4.52. The summed E-state index contributed by atoms with van der Waals surface area (Å²) in [7, 11) is 0. The standard InChI is InChI=1S/C24H32N2O3S/c1-15-12-18(8-11-22(15)25-14-30(28)29)16(2)26-23(27)21-13-20(21)17-6-9-19(10-7-17)24(3,4)5/h6-12,16,20-21,25H,13-14H2,1-5H3,(H,26,27)(H,28,29)/p-1/t16-,20?,21?/m1/s1. The number of carbonyl (C=O) groups excluding carboxylic acids is 1. The summed E-state index contributed by atoms with van der Waals surface area (Å²) in [4.78, 5) is 12.7. The average molecular weight is 428 g/mol. The molecule has 3 unspecified atom stereocenters. The number of carbonyl (C=O) groups is 1. The molecule has 0 aromatic heterocycles. The van der Waals surface area contributed by atoms with Crippen molar-refractivity contribution in [3.05, 3.63) is 64.7 Å². The van der Waals surface area contributed by atoms with Gasteiger partial charge >= 0.3 is 0 Å². The van der Waals surface area contributed by atoms with Gasteiger partial charge in [-0.1, -0.05) is 57.2 Å². The summed E-state index contributed by atoms with van der Waals surface area (Å²) in [6.07, 6.45) is 0.891. The Kier molecular flexibility index (Phi) is 6.68. The molecule has 0 heterocycles. The lowest BCUT2D eigenvalue weighted by Gasteiger charge is -2.19. The number of anilines is 1. The fourth-order valence-electron chi connectivity index (χ4n) is 3.78. The van der Waals surface area contributed by atoms with Crippen molar-refractivity contribution in [2.24, 2.45) is 5.92 Å². The molecule has 2 aromatic rings. The summed E-state index contributed by atoms with van der Waals surface area (Å²) in [5, 5.41) is 6.02. The molecule has 0 saturated heterocycles. The maximum absolute atomic E-state index is 12.7. The van der Waals surface area contributed by atoms with Crippen LogP contribution in [0.15, 0.2) is 42.5 Å². The molecule has 1 amide bonds. The number of rotatable bonds is 7. The number of nitrogens with one attached hydrogen (secondary N) is 2. The zero-order valence-electron chi connectivity index (χ0n) is 18.3. The first-order chi connectivity index (χ1) is 14.1. The largest absolute Gasteiger partial charge is 0.771 e. The normalized spacial score (nSPS) is 20.3. The topological polar surface area (TPSA) is 81.3 Å². The van der Waals surface area contributed by atoms with Crippen LogP contribution >= 0.6 is 0 Å². The fraction of sp³-hybridized carbons (Fsp3) is 0.458. The third-order valence-electron chi connectivity index (χ3n) is 5.82. The minimum atomic E-state index is -2.14. The Morgan fingerprint density at radius 3 is 2.43 bits per heavy atom. The van der Waals surface area contributed by atoms with Gasteiger partial charge in [-0.15, -0.1) is 0 Å². The summed E-state index contributed by atoms with van der Waals surface area (Å²) in [5.41, 5.74) is 5.39. The van der Waals surface area contributed by atoms with Crippen LogP contribution in [0, 0.1) is 12.8 Å². The number of hydrogen-bond donors (Lipinski definition) is 2. The Morgan fingerprint density at radius 1 is 1.20 bits per heavy atom. The van der Waals surface area contributed by atoms with E-state index in [-0.39, 0.29) is 29.2 Å². The highest BCUT2D eigenvalue weighted by Gasteiger charge is 2.44. The number of hydrogen-bond acceptors (Lipinski definition) is 4. The Labute approximate surface area is 182 Å². The highest BCUT2D eigenvalue weighted by molar-refractivity contribution is 7.79. The van der Waals surface area contributed by atoms with Crippen molar-refractivity contribution < 1.29 is 13.6 Å². The van der Waals surface area contributed by atoms with Gasteiger partial charge in [0.2, 0.25) is 5.91 Å². The molecule has 1 aliphatic carbocycles. The van der Waals surface area contributed by atoms with Gasteiger partial charge in [0, 0.05) is 11.6 Å². The van der Waals surface area contributed by atoms with Gasteiger partial charge in [-0.2, -0.15) is 0 Å². The molecule has 1 aliphatic rings. The van der Waals surface area contributed by atoms with Crippen molar-refractivity contribution in [2.45, 2.75) is 58.4 Å². The van der Waals surface area contributed by atoms with Crippen LogP contribution in [0.4, 0.5) is 5.69 Å². The molecule has 30 heavy (non-hydrogen) atoms. The Bertz CT molecular complexity index is 934. The molecule has 4 atom stereocenters. The quantitative estimate of drug-likeness (QED) is 0.637. The van der Waals surface area contributed by atoms with Crippen molar-refractivity contribution >= 4 is 22.7 Å². The van der Waals surface area contributed by atoms with Crippen LogP contribution in [0.2, 0.25) is 0 Å². The highest BCUT2D eigenvalue weighted by Crippen LogP contribution is 2.48. The van der Waals surface area contributed by atoms with E-state index < -0.39 is 11.1 Å². The van der Waals surface area contributed by atoms with E-state index in [0.29, 0.717) is 5.92 Å². The van der Waals surface area contributed by atoms with Crippen LogP contribution in [0.25, 0.3) is 0 Å². The zero-order chi connectivity index (χ0) is 22.1. The first kappa shape index (κ1) is 22.5. The van der Waals surface area contributed by atoms with E-state index in [1.165, 1.54) is 11.1 Å². The Morgan fingerprint density at radius 2 is 1.87 bits per heavy atom. The van der Waals surface area contributed by atoms with Gasteiger partial charge in [-0.25, -0.2) is 0 Å². The van der Waals surface area contributed by atoms with E-state index >= 15 is 0 Å².